The lowest BCUT2D eigenvalue weighted by Gasteiger charge is -2.29. The molecular weight excluding hydrogens is 421 g/mol. The summed E-state index contributed by atoms with van der Waals surface area (Å²) in [5.74, 6) is -0.329. The highest BCUT2D eigenvalue weighted by Crippen LogP contribution is 2.45. The fraction of sp³-hybridized carbons (Fsp3) is 0.632. The first-order valence-corrected chi connectivity index (χ1v) is 11.4. The van der Waals surface area contributed by atoms with Crippen LogP contribution in [0.1, 0.15) is 32.1 Å². The second kappa shape index (κ2) is 12.5. The average Bonchev–Trinajstić information content (AvgIpc) is 2.56. The minimum atomic E-state index is -4.31. The zero-order chi connectivity index (χ0) is 21.9. The molecule has 0 aliphatic heterocycles. The fourth-order valence-electron chi connectivity index (χ4n) is 2.62. The molecule has 0 saturated heterocycles. The number of aliphatic carboxylic acids is 1. The first kappa shape index (κ1) is 25.9. The summed E-state index contributed by atoms with van der Waals surface area (Å²) >= 11 is 5.81. The molecule has 0 saturated carbocycles. The number of unbranched alkanes of at least 4 members (excludes halogenated alkanes) is 3. The van der Waals surface area contributed by atoms with Crippen molar-refractivity contribution in [2.75, 3.05) is 40.9 Å². The first-order valence-electron chi connectivity index (χ1n) is 9.53. The lowest BCUT2D eigenvalue weighted by Crippen LogP contribution is -2.42. The second-order valence-electron chi connectivity index (χ2n) is 7.82. The Balaban J connectivity index is 2.21. The van der Waals surface area contributed by atoms with Gasteiger partial charge < -0.3 is 19.2 Å². The van der Waals surface area contributed by atoms with Gasteiger partial charge in [-0.15, -0.1) is 0 Å². The largest absolute Gasteiger partial charge is 0.494 e. The second-order valence-corrected chi connectivity index (χ2v) is 9.66. The summed E-state index contributed by atoms with van der Waals surface area (Å²) in [6.45, 7) is 0.913. The number of hydrogen-bond acceptors (Lipinski definition) is 5. The third-order valence-electron chi connectivity index (χ3n) is 3.81. The number of phosphoric ester groups is 1. The third kappa shape index (κ3) is 13.7. The van der Waals surface area contributed by atoms with Gasteiger partial charge in [0.05, 0.1) is 40.8 Å². The van der Waals surface area contributed by atoms with E-state index in [-0.39, 0.29) is 19.6 Å². The summed E-state index contributed by atoms with van der Waals surface area (Å²) in [6, 6.07) is 7.16. The van der Waals surface area contributed by atoms with Crippen molar-refractivity contribution in [2.45, 2.75) is 38.2 Å². The molecule has 0 aromatic heterocycles. The fourth-order valence-corrected chi connectivity index (χ4v) is 3.68. The highest BCUT2D eigenvalue weighted by molar-refractivity contribution is 7.47. The van der Waals surface area contributed by atoms with Crippen LogP contribution in [0.25, 0.3) is 0 Å². The van der Waals surface area contributed by atoms with Crippen LogP contribution in [0.5, 0.6) is 5.75 Å². The van der Waals surface area contributed by atoms with Crippen LogP contribution in [0, 0.1) is 0 Å². The summed E-state index contributed by atoms with van der Waals surface area (Å²) in [5, 5.41) is 9.63. The Kier molecular flexibility index (Phi) is 11.2. The molecule has 2 atom stereocenters. The number of carbonyl (C=O) groups is 1. The molecule has 0 spiro atoms. The molecule has 1 rings (SSSR count). The lowest BCUT2D eigenvalue weighted by molar-refractivity contribution is -0.873. The van der Waals surface area contributed by atoms with Crippen molar-refractivity contribution in [3.05, 3.63) is 29.3 Å². The Morgan fingerprint density at radius 1 is 1.10 bits per heavy atom. The van der Waals surface area contributed by atoms with Crippen LogP contribution in [-0.2, 0) is 18.4 Å². The van der Waals surface area contributed by atoms with Crippen LogP contribution in [0.2, 0.25) is 5.02 Å². The molecule has 0 aliphatic rings. The van der Waals surface area contributed by atoms with Gasteiger partial charge in [-0.25, -0.2) is 4.57 Å². The van der Waals surface area contributed by atoms with E-state index in [0.29, 0.717) is 22.5 Å². The van der Waals surface area contributed by atoms with Crippen molar-refractivity contribution < 1.29 is 37.6 Å². The highest BCUT2D eigenvalue weighted by atomic mass is 35.5. The van der Waals surface area contributed by atoms with Gasteiger partial charge in [0, 0.05) is 5.02 Å². The van der Waals surface area contributed by atoms with Crippen LogP contribution < -0.4 is 4.74 Å². The third-order valence-corrected chi connectivity index (χ3v) is 5.14. The summed E-state index contributed by atoms with van der Waals surface area (Å²) in [5.41, 5.74) is 0. The number of rotatable bonds is 15. The predicted octanol–water partition coefficient (Wildman–Crippen LogP) is 3.96. The lowest BCUT2D eigenvalue weighted by atomic mass is 10.2. The van der Waals surface area contributed by atoms with Gasteiger partial charge in [-0.1, -0.05) is 18.0 Å². The van der Waals surface area contributed by atoms with E-state index in [1.807, 2.05) is 33.3 Å². The van der Waals surface area contributed by atoms with Crippen molar-refractivity contribution in [3.8, 4) is 5.75 Å². The molecule has 166 valence electrons. The van der Waals surface area contributed by atoms with Gasteiger partial charge in [0.1, 0.15) is 18.4 Å². The molecule has 0 heterocycles. The molecule has 1 aromatic rings. The minimum absolute atomic E-state index is 0.0655. The van der Waals surface area contributed by atoms with Crippen molar-refractivity contribution in [3.63, 3.8) is 0 Å². The van der Waals surface area contributed by atoms with E-state index in [9.17, 15) is 14.3 Å². The molecular formula is C19H32ClNO7P+. The van der Waals surface area contributed by atoms with Gasteiger partial charge in [-0.05, 0) is 43.5 Å². The minimum Gasteiger partial charge on any atom is -0.494 e. The van der Waals surface area contributed by atoms with Crippen LogP contribution in [-0.4, -0.2) is 67.5 Å². The number of hydrogen-bond donors (Lipinski definition) is 2. The zero-order valence-electron chi connectivity index (χ0n) is 17.3. The topological polar surface area (TPSA) is 102 Å². The molecule has 2 N–H and O–H groups in total. The van der Waals surface area contributed by atoms with Gasteiger partial charge in [-0.3, -0.25) is 13.8 Å². The number of phosphoric acid groups is 1. The first-order chi connectivity index (χ1) is 13.5. The summed E-state index contributed by atoms with van der Waals surface area (Å²) in [6.07, 6.45) is 1.86. The van der Waals surface area contributed by atoms with E-state index in [4.69, 9.17) is 30.5 Å². The maximum Gasteiger partial charge on any atom is 0.472 e. The van der Waals surface area contributed by atoms with E-state index >= 15 is 0 Å². The number of nitrogens with zero attached hydrogens (tertiary/aromatic N) is 1. The molecule has 0 fully saturated rings. The van der Waals surface area contributed by atoms with E-state index in [0.717, 1.165) is 25.0 Å². The average molecular weight is 453 g/mol. The molecule has 2 unspecified atom stereocenters. The smallest absolute Gasteiger partial charge is 0.472 e. The molecule has 0 amide bonds. The quantitative estimate of drug-likeness (QED) is 0.236. The van der Waals surface area contributed by atoms with Crippen LogP contribution in [0.4, 0.5) is 0 Å². The van der Waals surface area contributed by atoms with Crippen molar-refractivity contribution in [1.29, 1.82) is 0 Å². The summed E-state index contributed by atoms with van der Waals surface area (Å²) in [4.78, 5) is 20.8. The van der Waals surface area contributed by atoms with E-state index in [2.05, 4.69) is 0 Å². The van der Waals surface area contributed by atoms with E-state index in [1.54, 1.807) is 12.1 Å². The SMILES string of the molecule is C[N+](C)(C)CC(CC(=O)O)OP(=O)(O)OCCCCCCOc1ccc(Cl)cc1. The number of carboxylic acid groups (broad SMARTS) is 1. The molecule has 10 heteroatoms. The number of halogens is 1. The van der Waals surface area contributed by atoms with Gasteiger partial charge >= 0.3 is 13.8 Å². The molecule has 1 aromatic carbocycles. The Hall–Kier alpha value is -1.15. The van der Waals surface area contributed by atoms with Crippen LogP contribution in [0.15, 0.2) is 24.3 Å². The standard InChI is InChI=1S/C19H31ClNO7P/c1-21(2,3)15-18(14-19(22)23)28-29(24,25)27-13-7-5-4-6-12-26-17-10-8-16(20)9-11-17/h8-11,18H,4-7,12-15H2,1-3H3,(H-,22,23,24,25)/p+1. The van der Waals surface area contributed by atoms with Gasteiger partial charge in [0.2, 0.25) is 0 Å². The monoisotopic (exact) mass is 452 g/mol. The number of quaternary nitrogens is 1. The highest BCUT2D eigenvalue weighted by Gasteiger charge is 2.31. The number of ether oxygens (including phenoxy) is 1. The van der Waals surface area contributed by atoms with Crippen molar-refractivity contribution in [1.82, 2.24) is 0 Å². The molecule has 0 aliphatic carbocycles. The van der Waals surface area contributed by atoms with Crippen molar-refractivity contribution in [2.24, 2.45) is 0 Å². The Bertz CT molecular complexity index is 664. The van der Waals surface area contributed by atoms with E-state index < -0.39 is 19.9 Å². The van der Waals surface area contributed by atoms with E-state index in [1.165, 1.54) is 0 Å². The maximum atomic E-state index is 12.1. The molecule has 29 heavy (non-hydrogen) atoms. The van der Waals surface area contributed by atoms with Gasteiger partial charge in [0.15, 0.2) is 0 Å². The predicted molar refractivity (Wildman–Crippen MR) is 111 cm³/mol. The van der Waals surface area contributed by atoms with Crippen LogP contribution in [0.3, 0.4) is 0 Å². The molecule has 0 radical (unpaired) electrons. The maximum absolute atomic E-state index is 12.1. The Morgan fingerprint density at radius 3 is 2.24 bits per heavy atom. The number of carboxylic acids is 1. The van der Waals surface area contributed by atoms with Gasteiger partial charge in [0.25, 0.3) is 0 Å². The zero-order valence-corrected chi connectivity index (χ0v) is 18.9. The van der Waals surface area contributed by atoms with Gasteiger partial charge in [-0.2, -0.15) is 0 Å². The summed E-state index contributed by atoms with van der Waals surface area (Å²) < 4.78 is 28.2. The summed E-state index contributed by atoms with van der Waals surface area (Å²) in [7, 11) is 1.23. The van der Waals surface area contributed by atoms with Crippen molar-refractivity contribution >= 4 is 25.4 Å². The molecule has 0 bridgehead atoms. The molecule has 8 nitrogen and oxygen atoms in total. The Morgan fingerprint density at radius 2 is 1.69 bits per heavy atom. The normalized spacial score (nSPS) is 14.9. The number of benzene rings is 1. The Labute approximate surface area is 177 Å². The number of likely N-dealkylation sites (N-methyl/N-ethyl adjacent to an activating group) is 1. The van der Waals surface area contributed by atoms with Crippen LogP contribution >= 0.6 is 19.4 Å².